The van der Waals surface area contributed by atoms with Gasteiger partial charge in [0.15, 0.2) is 11.6 Å². The Morgan fingerprint density at radius 2 is 2.32 bits per heavy atom. The van der Waals surface area contributed by atoms with E-state index < -0.39 is 11.8 Å². The number of carboxylic acid groups (broad SMARTS) is 1. The zero-order chi connectivity index (χ0) is 13.8. The van der Waals surface area contributed by atoms with E-state index in [0.717, 1.165) is 11.8 Å². The fourth-order valence-electron chi connectivity index (χ4n) is 1.30. The Balaban J connectivity index is 2.20. The van der Waals surface area contributed by atoms with Crippen molar-refractivity contribution in [2.24, 2.45) is 0 Å². The van der Waals surface area contributed by atoms with Gasteiger partial charge in [0.2, 0.25) is 5.89 Å². The summed E-state index contributed by atoms with van der Waals surface area (Å²) in [4.78, 5) is 10.4. The van der Waals surface area contributed by atoms with E-state index in [2.05, 4.69) is 10.2 Å². The van der Waals surface area contributed by atoms with Crippen LogP contribution in [0.4, 0.5) is 4.39 Å². The number of benzene rings is 1. The van der Waals surface area contributed by atoms with E-state index in [0.29, 0.717) is 5.56 Å². The second kappa shape index (κ2) is 5.70. The summed E-state index contributed by atoms with van der Waals surface area (Å²) in [5.74, 6) is -1.41. The van der Waals surface area contributed by atoms with Gasteiger partial charge in [0.25, 0.3) is 5.22 Å². The van der Waals surface area contributed by atoms with Crippen LogP contribution in [-0.4, -0.2) is 34.1 Å². The quantitative estimate of drug-likeness (QED) is 0.841. The third-order valence-corrected chi connectivity index (χ3v) is 2.93. The second-order valence-electron chi connectivity index (χ2n) is 3.40. The molecule has 1 heterocycles. The highest BCUT2D eigenvalue weighted by Gasteiger charge is 2.12. The molecule has 0 saturated carbocycles. The lowest BCUT2D eigenvalue weighted by molar-refractivity contribution is -0.133. The summed E-state index contributed by atoms with van der Waals surface area (Å²) in [6.07, 6.45) is 0. The third kappa shape index (κ3) is 3.22. The number of methoxy groups -OCH3 is 1. The van der Waals surface area contributed by atoms with Crippen LogP contribution in [0.25, 0.3) is 11.5 Å². The smallest absolute Gasteiger partial charge is 0.314 e. The lowest BCUT2D eigenvalue weighted by atomic mass is 10.2. The minimum absolute atomic E-state index is 0.0652. The number of nitrogens with zero attached hydrogens (tertiary/aromatic N) is 2. The molecule has 0 aliphatic carbocycles. The molecular formula is C11H9FN2O4S. The molecule has 1 aromatic carbocycles. The van der Waals surface area contributed by atoms with Crippen molar-refractivity contribution in [2.45, 2.75) is 5.22 Å². The normalized spacial score (nSPS) is 10.4. The predicted molar refractivity (Wildman–Crippen MR) is 64.6 cm³/mol. The number of aliphatic carboxylic acids is 1. The zero-order valence-corrected chi connectivity index (χ0v) is 10.6. The molecule has 0 amide bonds. The molecule has 0 atom stereocenters. The third-order valence-electron chi connectivity index (χ3n) is 2.12. The predicted octanol–water partition coefficient (Wildman–Crippen LogP) is 2.06. The molecule has 2 rings (SSSR count). The Hall–Kier alpha value is -2.09. The Labute approximate surface area is 111 Å². The summed E-state index contributed by atoms with van der Waals surface area (Å²) in [5.41, 5.74) is 0.493. The van der Waals surface area contributed by atoms with Crippen LogP contribution in [0.3, 0.4) is 0 Å². The lowest BCUT2D eigenvalue weighted by Gasteiger charge is -2.02. The summed E-state index contributed by atoms with van der Waals surface area (Å²) in [6.45, 7) is 0. The SMILES string of the molecule is COc1cc(-c2nnc(SCC(=O)O)o2)ccc1F. The summed E-state index contributed by atoms with van der Waals surface area (Å²) in [7, 11) is 1.35. The molecule has 0 unspecified atom stereocenters. The number of thioether (sulfide) groups is 1. The maximum Gasteiger partial charge on any atom is 0.314 e. The zero-order valence-electron chi connectivity index (χ0n) is 9.79. The van der Waals surface area contributed by atoms with Gasteiger partial charge in [-0.2, -0.15) is 0 Å². The van der Waals surface area contributed by atoms with Crippen LogP contribution < -0.4 is 4.74 Å². The van der Waals surface area contributed by atoms with E-state index in [4.69, 9.17) is 14.3 Å². The molecule has 0 bridgehead atoms. The maximum atomic E-state index is 13.2. The van der Waals surface area contributed by atoms with Gasteiger partial charge in [0.1, 0.15) is 5.75 Å². The molecule has 100 valence electrons. The number of halogens is 1. The monoisotopic (exact) mass is 284 g/mol. The van der Waals surface area contributed by atoms with Crippen molar-refractivity contribution in [2.75, 3.05) is 12.9 Å². The highest BCUT2D eigenvalue weighted by Crippen LogP contribution is 2.27. The molecule has 6 nitrogen and oxygen atoms in total. The first-order chi connectivity index (χ1) is 9.10. The first kappa shape index (κ1) is 13.3. The fourth-order valence-corrected chi connectivity index (χ4v) is 1.78. The number of carbonyl (C=O) groups is 1. The molecule has 0 aliphatic heterocycles. The lowest BCUT2D eigenvalue weighted by Crippen LogP contribution is -1.97. The number of aromatic nitrogens is 2. The van der Waals surface area contributed by atoms with Gasteiger partial charge >= 0.3 is 5.97 Å². The molecule has 2 aromatic rings. The molecule has 8 heteroatoms. The van der Waals surface area contributed by atoms with Crippen LogP contribution in [0.15, 0.2) is 27.8 Å². The van der Waals surface area contributed by atoms with Crippen LogP contribution >= 0.6 is 11.8 Å². The van der Waals surface area contributed by atoms with Gasteiger partial charge in [-0.3, -0.25) is 4.79 Å². The van der Waals surface area contributed by atoms with Crippen LogP contribution in [0.5, 0.6) is 5.75 Å². The van der Waals surface area contributed by atoms with Crippen molar-refractivity contribution in [3.63, 3.8) is 0 Å². The molecule has 1 N–H and O–H groups in total. The largest absolute Gasteiger partial charge is 0.494 e. The average molecular weight is 284 g/mol. The van der Waals surface area contributed by atoms with Crippen molar-refractivity contribution in [3.05, 3.63) is 24.0 Å². The van der Waals surface area contributed by atoms with Gasteiger partial charge in [-0.05, 0) is 18.2 Å². The van der Waals surface area contributed by atoms with Crippen molar-refractivity contribution < 1.29 is 23.4 Å². The fraction of sp³-hybridized carbons (Fsp3) is 0.182. The highest BCUT2D eigenvalue weighted by molar-refractivity contribution is 7.99. The van der Waals surface area contributed by atoms with Crippen molar-refractivity contribution >= 4 is 17.7 Å². The minimum atomic E-state index is -0.979. The standard InChI is InChI=1S/C11H9FN2O4S/c1-17-8-4-6(2-3-7(8)12)10-13-14-11(18-10)19-5-9(15)16/h2-4H,5H2,1H3,(H,15,16). The van der Waals surface area contributed by atoms with E-state index in [9.17, 15) is 9.18 Å². The molecule has 0 spiro atoms. The Kier molecular flexibility index (Phi) is 4.00. The first-order valence-corrected chi connectivity index (χ1v) is 6.10. The average Bonchev–Trinajstić information content (AvgIpc) is 2.86. The molecular weight excluding hydrogens is 275 g/mol. The van der Waals surface area contributed by atoms with E-state index in [-0.39, 0.29) is 22.6 Å². The van der Waals surface area contributed by atoms with E-state index in [1.807, 2.05) is 0 Å². The number of rotatable bonds is 5. The molecule has 0 saturated heterocycles. The molecule has 1 aromatic heterocycles. The maximum absolute atomic E-state index is 13.2. The summed E-state index contributed by atoms with van der Waals surface area (Å²) in [5, 5.41) is 16.1. The second-order valence-corrected chi connectivity index (χ2v) is 4.33. The molecule has 0 aliphatic rings. The highest BCUT2D eigenvalue weighted by atomic mass is 32.2. The first-order valence-electron chi connectivity index (χ1n) is 5.12. The topological polar surface area (TPSA) is 85.5 Å². The van der Waals surface area contributed by atoms with Gasteiger partial charge in [-0.25, -0.2) is 4.39 Å². The summed E-state index contributed by atoms with van der Waals surface area (Å²) >= 11 is 0.912. The number of carboxylic acids is 1. The van der Waals surface area contributed by atoms with Crippen molar-refractivity contribution in [1.29, 1.82) is 0 Å². The Morgan fingerprint density at radius 1 is 1.53 bits per heavy atom. The van der Waals surface area contributed by atoms with Gasteiger partial charge in [0.05, 0.1) is 7.11 Å². The Bertz CT molecular complexity index is 602. The van der Waals surface area contributed by atoms with E-state index >= 15 is 0 Å². The van der Waals surface area contributed by atoms with Gasteiger partial charge < -0.3 is 14.3 Å². The summed E-state index contributed by atoms with van der Waals surface area (Å²) < 4.78 is 23.3. The van der Waals surface area contributed by atoms with Gasteiger partial charge in [-0.15, -0.1) is 10.2 Å². The minimum Gasteiger partial charge on any atom is -0.494 e. The molecule has 0 fully saturated rings. The number of hydrogen-bond donors (Lipinski definition) is 1. The van der Waals surface area contributed by atoms with Crippen LogP contribution in [0.2, 0.25) is 0 Å². The van der Waals surface area contributed by atoms with E-state index in [1.165, 1.54) is 25.3 Å². The van der Waals surface area contributed by atoms with Crippen LogP contribution in [0.1, 0.15) is 0 Å². The van der Waals surface area contributed by atoms with Gasteiger partial charge in [-0.1, -0.05) is 11.8 Å². The van der Waals surface area contributed by atoms with Gasteiger partial charge in [0, 0.05) is 5.56 Å². The molecule has 0 radical (unpaired) electrons. The summed E-state index contributed by atoms with van der Waals surface area (Å²) in [6, 6.07) is 4.12. The van der Waals surface area contributed by atoms with Crippen LogP contribution in [-0.2, 0) is 4.79 Å². The number of ether oxygens (including phenoxy) is 1. The van der Waals surface area contributed by atoms with E-state index in [1.54, 1.807) is 0 Å². The Morgan fingerprint density at radius 3 is 3.00 bits per heavy atom. The van der Waals surface area contributed by atoms with Crippen molar-refractivity contribution in [3.8, 4) is 17.2 Å². The number of hydrogen-bond acceptors (Lipinski definition) is 6. The van der Waals surface area contributed by atoms with Crippen LogP contribution in [0, 0.1) is 5.82 Å². The van der Waals surface area contributed by atoms with Crippen molar-refractivity contribution in [1.82, 2.24) is 10.2 Å². The molecule has 19 heavy (non-hydrogen) atoms.